The lowest BCUT2D eigenvalue weighted by atomic mass is 10.1. The van der Waals surface area contributed by atoms with Crippen molar-refractivity contribution in [3.8, 4) is 0 Å². The zero-order valence-corrected chi connectivity index (χ0v) is 16.2. The Morgan fingerprint density at radius 3 is 2.78 bits per heavy atom. The van der Waals surface area contributed by atoms with E-state index in [1.807, 2.05) is 34.4 Å². The Labute approximate surface area is 159 Å². The first kappa shape index (κ1) is 17.7. The number of carbonyl (C=O) groups excluding carboxylic acids is 1. The molecule has 7 nitrogen and oxygen atoms in total. The van der Waals surface area contributed by atoms with Crippen molar-refractivity contribution in [2.24, 2.45) is 5.92 Å². The van der Waals surface area contributed by atoms with Gasteiger partial charge < -0.3 is 9.47 Å². The number of hydrogen-bond acceptors (Lipinski definition) is 4. The number of aryl methyl sites for hydroxylation is 1. The van der Waals surface area contributed by atoms with Gasteiger partial charge in [-0.1, -0.05) is 13.8 Å². The Bertz CT molecular complexity index is 952. The summed E-state index contributed by atoms with van der Waals surface area (Å²) in [5.41, 5.74) is 3.29. The predicted molar refractivity (Wildman–Crippen MR) is 103 cm³/mol. The number of fused-ring (bicyclic) bond motifs is 1. The zero-order valence-electron chi connectivity index (χ0n) is 16.2. The summed E-state index contributed by atoms with van der Waals surface area (Å²) in [4.78, 5) is 24.1. The highest BCUT2D eigenvalue weighted by molar-refractivity contribution is 5.96. The van der Waals surface area contributed by atoms with E-state index in [0.29, 0.717) is 30.6 Å². The summed E-state index contributed by atoms with van der Waals surface area (Å²) in [7, 11) is 0. The fourth-order valence-electron chi connectivity index (χ4n) is 3.38. The van der Waals surface area contributed by atoms with Gasteiger partial charge in [-0.15, -0.1) is 0 Å². The van der Waals surface area contributed by atoms with E-state index in [0.717, 1.165) is 23.3 Å². The molecule has 3 heterocycles. The van der Waals surface area contributed by atoms with Gasteiger partial charge in [0, 0.05) is 43.6 Å². The van der Waals surface area contributed by atoms with Crippen LogP contribution in [0.2, 0.25) is 0 Å². The molecule has 0 radical (unpaired) electrons. The minimum Gasteiger partial charge on any atom is -0.334 e. The van der Waals surface area contributed by atoms with Crippen molar-refractivity contribution < 1.29 is 4.79 Å². The zero-order chi connectivity index (χ0) is 19.0. The molecule has 142 valence electrons. The van der Waals surface area contributed by atoms with Gasteiger partial charge in [-0.3, -0.25) is 9.48 Å². The Hall–Kier alpha value is -2.70. The lowest BCUT2D eigenvalue weighted by Crippen LogP contribution is -2.33. The van der Waals surface area contributed by atoms with Crippen LogP contribution in [0.3, 0.4) is 0 Å². The normalized spacial score (nSPS) is 14.2. The molecule has 0 atom stereocenters. The predicted octanol–water partition coefficient (Wildman–Crippen LogP) is 3.28. The van der Waals surface area contributed by atoms with Gasteiger partial charge in [0.15, 0.2) is 5.65 Å². The fourth-order valence-corrected chi connectivity index (χ4v) is 3.38. The van der Waals surface area contributed by atoms with Crippen LogP contribution in [0.1, 0.15) is 55.6 Å². The quantitative estimate of drug-likeness (QED) is 0.643. The molecule has 0 aliphatic heterocycles. The molecule has 0 aromatic carbocycles. The SMILES string of the molecule is CCn1cc(CN(CC(C)C)C(=O)c2cnc3c(c2)ncn3C2CC2)cn1. The third kappa shape index (κ3) is 3.72. The van der Waals surface area contributed by atoms with Gasteiger partial charge in [0.2, 0.25) is 0 Å². The first-order valence-corrected chi connectivity index (χ1v) is 9.68. The number of rotatable bonds is 7. The summed E-state index contributed by atoms with van der Waals surface area (Å²) in [5.74, 6) is 0.365. The topological polar surface area (TPSA) is 68.8 Å². The van der Waals surface area contributed by atoms with Gasteiger partial charge in [0.05, 0.1) is 18.1 Å². The van der Waals surface area contributed by atoms with Crippen LogP contribution in [-0.2, 0) is 13.1 Å². The fraction of sp³-hybridized carbons (Fsp3) is 0.500. The van der Waals surface area contributed by atoms with E-state index in [9.17, 15) is 4.79 Å². The van der Waals surface area contributed by atoms with Crippen molar-refractivity contribution in [2.75, 3.05) is 6.54 Å². The van der Waals surface area contributed by atoms with E-state index in [1.54, 1.807) is 6.20 Å². The van der Waals surface area contributed by atoms with Gasteiger partial charge in [-0.2, -0.15) is 5.10 Å². The molecule has 0 N–H and O–H groups in total. The van der Waals surface area contributed by atoms with Crippen LogP contribution in [0, 0.1) is 5.92 Å². The first-order valence-electron chi connectivity index (χ1n) is 9.68. The average molecular weight is 366 g/mol. The molecule has 7 heteroatoms. The maximum Gasteiger partial charge on any atom is 0.255 e. The standard InChI is InChI=1S/C20H26N6O/c1-4-25-12-15(8-23-25)11-24(10-14(2)3)20(27)16-7-18-19(21-9-16)26(13-22-18)17-5-6-17/h7-9,12-14,17H,4-6,10-11H2,1-3H3. The molecule has 3 aromatic heterocycles. The van der Waals surface area contributed by atoms with E-state index >= 15 is 0 Å². The summed E-state index contributed by atoms with van der Waals surface area (Å²) >= 11 is 0. The Balaban J connectivity index is 1.58. The molecule has 0 unspecified atom stereocenters. The molecular formula is C20H26N6O. The van der Waals surface area contributed by atoms with Crippen LogP contribution in [0.4, 0.5) is 0 Å². The van der Waals surface area contributed by atoms with Gasteiger partial charge in [-0.25, -0.2) is 9.97 Å². The summed E-state index contributed by atoms with van der Waals surface area (Å²) < 4.78 is 4.00. The largest absolute Gasteiger partial charge is 0.334 e. The Morgan fingerprint density at radius 1 is 1.30 bits per heavy atom. The van der Waals surface area contributed by atoms with Crippen LogP contribution in [0.15, 0.2) is 31.0 Å². The van der Waals surface area contributed by atoms with Crippen LogP contribution in [0.25, 0.3) is 11.2 Å². The number of nitrogens with zero attached hydrogens (tertiary/aromatic N) is 6. The van der Waals surface area contributed by atoms with E-state index in [-0.39, 0.29) is 5.91 Å². The molecule has 4 rings (SSSR count). The average Bonchev–Trinajstić information content (AvgIpc) is 3.25. The van der Waals surface area contributed by atoms with Crippen LogP contribution >= 0.6 is 0 Å². The van der Waals surface area contributed by atoms with Crippen molar-refractivity contribution in [3.05, 3.63) is 42.1 Å². The lowest BCUT2D eigenvalue weighted by Gasteiger charge is -2.24. The molecular weight excluding hydrogens is 340 g/mol. The van der Waals surface area contributed by atoms with Crippen LogP contribution < -0.4 is 0 Å². The molecule has 1 saturated carbocycles. The number of hydrogen-bond donors (Lipinski definition) is 0. The first-order chi connectivity index (χ1) is 13.0. The highest BCUT2D eigenvalue weighted by Crippen LogP contribution is 2.36. The number of amides is 1. The van der Waals surface area contributed by atoms with E-state index in [2.05, 4.69) is 40.4 Å². The highest BCUT2D eigenvalue weighted by Gasteiger charge is 2.26. The maximum absolute atomic E-state index is 13.2. The third-order valence-corrected chi connectivity index (χ3v) is 4.86. The molecule has 1 aliphatic rings. The molecule has 1 aliphatic carbocycles. The molecule has 3 aromatic rings. The smallest absolute Gasteiger partial charge is 0.255 e. The van der Waals surface area contributed by atoms with Crippen molar-refractivity contribution in [1.29, 1.82) is 0 Å². The Morgan fingerprint density at radius 2 is 2.11 bits per heavy atom. The molecule has 0 bridgehead atoms. The van der Waals surface area contributed by atoms with Gasteiger partial charge in [0.25, 0.3) is 5.91 Å². The van der Waals surface area contributed by atoms with Gasteiger partial charge >= 0.3 is 0 Å². The van der Waals surface area contributed by atoms with Crippen LogP contribution in [0.5, 0.6) is 0 Å². The summed E-state index contributed by atoms with van der Waals surface area (Å²) in [6.07, 6.45) is 9.73. The highest BCUT2D eigenvalue weighted by atomic mass is 16.2. The van der Waals surface area contributed by atoms with Crippen molar-refractivity contribution in [1.82, 2.24) is 29.2 Å². The molecule has 0 saturated heterocycles. The van der Waals surface area contributed by atoms with E-state index in [4.69, 9.17) is 0 Å². The van der Waals surface area contributed by atoms with Crippen molar-refractivity contribution in [3.63, 3.8) is 0 Å². The second kappa shape index (κ2) is 7.13. The second-order valence-corrected chi connectivity index (χ2v) is 7.73. The van der Waals surface area contributed by atoms with Gasteiger partial charge in [0.1, 0.15) is 5.52 Å². The second-order valence-electron chi connectivity index (χ2n) is 7.73. The lowest BCUT2D eigenvalue weighted by molar-refractivity contribution is 0.0722. The molecule has 0 spiro atoms. The molecule has 1 fully saturated rings. The monoisotopic (exact) mass is 366 g/mol. The van der Waals surface area contributed by atoms with Crippen molar-refractivity contribution >= 4 is 17.1 Å². The summed E-state index contributed by atoms with van der Waals surface area (Å²) in [6.45, 7) is 8.34. The maximum atomic E-state index is 13.2. The minimum absolute atomic E-state index is 0.0108. The van der Waals surface area contributed by atoms with E-state index < -0.39 is 0 Å². The number of carbonyl (C=O) groups is 1. The summed E-state index contributed by atoms with van der Waals surface area (Å²) in [5, 5.41) is 4.32. The number of imidazole rings is 1. The third-order valence-electron chi connectivity index (χ3n) is 4.86. The number of aromatic nitrogens is 5. The number of pyridine rings is 1. The van der Waals surface area contributed by atoms with E-state index in [1.165, 1.54) is 12.8 Å². The van der Waals surface area contributed by atoms with Crippen molar-refractivity contribution in [2.45, 2.75) is 52.7 Å². The molecule has 27 heavy (non-hydrogen) atoms. The van der Waals surface area contributed by atoms with Crippen LogP contribution in [-0.4, -0.2) is 41.7 Å². The minimum atomic E-state index is -0.0108. The summed E-state index contributed by atoms with van der Waals surface area (Å²) in [6, 6.07) is 2.39. The Kier molecular flexibility index (Phi) is 4.68. The molecule has 1 amide bonds. The van der Waals surface area contributed by atoms with Gasteiger partial charge in [-0.05, 0) is 31.7 Å².